The van der Waals surface area contributed by atoms with Crippen molar-refractivity contribution in [3.05, 3.63) is 22.2 Å². The molecule has 0 bridgehead atoms. The maximum absolute atomic E-state index is 5.90. The minimum absolute atomic E-state index is 0.0203. The summed E-state index contributed by atoms with van der Waals surface area (Å²) in [6.07, 6.45) is -0.0203. The first kappa shape index (κ1) is 16.5. The van der Waals surface area contributed by atoms with E-state index in [1.165, 1.54) is 0 Å². The van der Waals surface area contributed by atoms with Gasteiger partial charge >= 0.3 is 0 Å². The van der Waals surface area contributed by atoms with Gasteiger partial charge in [0.1, 0.15) is 0 Å². The number of hydrogen-bond donors (Lipinski definition) is 1. The van der Waals surface area contributed by atoms with E-state index in [2.05, 4.69) is 27.8 Å². The van der Waals surface area contributed by atoms with Crippen molar-refractivity contribution < 1.29 is 14.2 Å². The molecule has 2 rings (SSSR count). The van der Waals surface area contributed by atoms with E-state index in [9.17, 15) is 0 Å². The van der Waals surface area contributed by atoms with E-state index in [1.807, 2.05) is 12.1 Å². The smallest absolute Gasteiger partial charge is 0.161 e. The molecule has 0 amide bonds. The van der Waals surface area contributed by atoms with Gasteiger partial charge in [-0.3, -0.25) is 4.90 Å². The fraction of sp³-hybridized carbons (Fsp3) is 0.600. The second kappa shape index (κ2) is 7.45. The first-order valence-corrected chi connectivity index (χ1v) is 7.92. The molecule has 1 heterocycles. The van der Waals surface area contributed by atoms with E-state index in [0.717, 1.165) is 29.7 Å². The minimum atomic E-state index is -0.0203. The third kappa shape index (κ3) is 3.34. The molecule has 0 radical (unpaired) electrons. The van der Waals surface area contributed by atoms with Gasteiger partial charge in [0.2, 0.25) is 0 Å². The van der Waals surface area contributed by atoms with Crippen LogP contribution in [0.1, 0.15) is 18.5 Å². The quantitative estimate of drug-likeness (QED) is 0.874. The first-order valence-electron chi connectivity index (χ1n) is 7.13. The molecule has 1 fully saturated rings. The van der Waals surface area contributed by atoms with Crippen LogP contribution in [0.25, 0.3) is 0 Å². The summed E-state index contributed by atoms with van der Waals surface area (Å²) in [4.78, 5) is 2.38. The first-order chi connectivity index (χ1) is 10.2. The van der Waals surface area contributed by atoms with E-state index in [0.29, 0.717) is 18.0 Å². The van der Waals surface area contributed by atoms with E-state index in [1.54, 1.807) is 14.2 Å². The number of morpholine rings is 1. The van der Waals surface area contributed by atoms with Crippen molar-refractivity contribution in [1.82, 2.24) is 4.90 Å². The highest BCUT2D eigenvalue weighted by Gasteiger charge is 2.33. The lowest BCUT2D eigenvalue weighted by molar-refractivity contribution is -0.0661. The lowest BCUT2D eigenvalue weighted by Gasteiger charge is -2.41. The number of ether oxygens (including phenoxy) is 3. The van der Waals surface area contributed by atoms with Gasteiger partial charge in [-0.1, -0.05) is 22.9 Å². The van der Waals surface area contributed by atoms with Crippen LogP contribution in [0.4, 0.5) is 0 Å². The molecule has 2 atom stereocenters. The van der Waals surface area contributed by atoms with Gasteiger partial charge in [0.05, 0.1) is 33.0 Å². The Kier molecular flexibility index (Phi) is 5.87. The van der Waals surface area contributed by atoms with Gasteiger partial charge in [-0.25, -0.2) is 0 Å². The molecule has 21 heavy (non-hydrogen) atoms. The number of hydrogen-bond acceptors (Lipinski definition) is 5. The summed E-state index contributed by atoms with van der Waals surface area (Å²) in [5, 5.41) is 0. The predicted molar refractivity (Wildman–Crippen MR) is 86.0 cm³/mol. The number of rotatable bonds is 5. The van der Waals surface area contributed by atoms with Crippen LogP contribution in [0, 0.1) is 0 Å². The molecule has 1 aromatic carbocycles. The highest BCUT2D eigenvalue weighted by atomic mass is 79.9. The van der Waals surface area contributed by atoms with Gasteiger partial charge in [-0.2, -0.15) is 0 Å². The second-order valence-corrected chi connectivity index (χ2v) is 5.80. The van der Waals surface area contributed by atoms with Crippen molar-refractivity contribution in [2.45, 2.75) is 19.1 Å². The zero-order valence-electron chi connectivity index (χ0n) is 12.8. The number of methoxy groups -OCH3 is 2. The highest BCUT2D eigenvalue weighted by molar-refractivity contribution is 9.10. The van der Waals surface area contributed by atoms with E-state index >= 15 is 0 Å². The van der Waals surface area contributed by atoms with Crippen molar-refractivity contribution in [2.24, 2.45) is 5.73 Å². The average Bonchev–Trinajstić information content (AvgIpc) is 2.53. The molecule has 0 saturated carbocycles. The van der Waals surface area contributed by atoms with Crippen LogP contribution < -0.4 is 15.2 Å². The van der Waals surface area contributed by atoms with Crippen LogP contribution in [0.2, 0.25) is 0 Å². The Morgan fingerprint density at radius 2 is 2.00 bits per heavy atom. The van der Waals surface area contributed by atoms with E-state index < -0.39 is 0 Å². The van der Waals surface area contributed by atoms with E-state index in [-0.39, 0.29) is 12.1 Å². The summed E-state index contributed by atoms with van der Waals surface area (Å²) < 4.78 is 17.6. The van der Waals surface area contributed by atoms with Crippen LogP contribution in [-0.4, -0.2) is 51.5 Å². The number of benzene rings is 1. The third-order valence-corrected chi connectivity index (χ3v) is 4.60. The Hall–Kier alpha value is -0.820. The fourth-order valence-electron chi connectivity index (χ4n) is 2.83. The Morgan fingerprint density at radius 1 is 1.33 bits per heavy atom. The van der Waals surface area contributed by atoms with Gasteiger partial charge in [0.15, 0.2) is 11.5 Å². The number of halogens is 1. The molecule has 2 unspecified atom stereocenters. The maximum Gasteiger partial charge on any atom is 0.161 e. The van der Waals surface area contributed by atoms with Gasteiger partial charge < -0.3 is 19.9 Å². The molecular formula is C15H23BrN2O3. The number of likely N-dealkylation sites (N-methyl/N-ethyl adjacent to an activating group) is 1. The van der Waals surface area contributed by atoms with Gasteiger partial charge in [-0.15, -0.1) is 0 Å². The zero-order valence-corrected chi connectivity index (χ0v) is 14.4. The van der Waals surface area contributed by atoms with Gasteiger partial charge in [0, 0.05) is 17.6 Å². The molecule has 0 spiro atoms. The molecule has 0 aliphatic carbocycles. The van der Waals surface area contributed by atoms with Crippen LogP contribution >= 0.6 is 15.9 Å². The summed E-state index contributed by atoms with van der Waals surface area (Å²) in [7, 11) is 3.28. The van der Waals surface area contributed by atoms with Crippen LogP contribution in [0.5, 0.6) is 11.5 Å². The summed E-state index contributed by atoms with van der Waals surface area (Å²) in [5.74, 6) is 1.42. The molecule has 6 heteroatoms. The largest absolute Gasteiger partial charge is 0.493 e. The Balaban J connectivity index is 2.45. The summed E-state index contributed by atoms with van der Waals surface area (Å²) in [5.41, 5.74) is 7.02. The molecule has 1 aliphatic heterocycles. The zero-order chi connectivity index (χ0) is 15.4. The average molecular weight is 359 g/mol. The van der Waals surface area contributed by atoms with Crippen molar-refractivity contribution >= 4 is 15.9 Å². The molecule has 118 valence electrons. The molecule has 1 aromatic rings. The van der Waals surface area contributed by atoms with Crippen LogP contribution in [-0.2, 0) is 4.74 Å². The van der Waals surface area contributed by atoms with Crippen molar-refractivity contribution in [2.75, 3.05) is 40.5 Å². The fourth-order valence-corrected chi connectivity index (χ4v) is 3.39. The Morgan fingerprint density at radius 3 is 2.57 bits per heavy atom. The predicted octanol–water partition coefficient (Wildman–Crippen LogP) is 2.19. The topological polar surface area (TPSA) is 57.0 Å². The summed E-state index contributed by atoms with van der Waals surface area (Å²) >= 11 is 3.64. The lowest BCUT2D eigenvalue weighted by atomic mass is 9.97. The molecule has 5 nitrogen and oxygen atoms in total. The Labute approximate surface area is 134 Å². The molecule has 2 N–H and O–H groups in total. The van der Waals surface area contributed by atoms with Gasteiger partial charge in [0.25, 0.3) is 0 Å². The number of nitrogens with zero attached hydrogens (tertiary/aromatic N) is 1. The molecule has 1 aliphatic rings. The highest BCUT2D eigenvalue weighted by Crippen LogP contribution is 2.40. The standard InChI is InChI=1S/C15H23BrN2O3/c1-4-18-5-6-21-14(9-17)15(18)10-7-12(19-2)13(20-3)8-11(10)16/h7-8,14-15H,4-6,9,17H2,1-3H3. The number of nitrogens with two attached hydrogens (primary N) is 1. The molecule has 0 aromatic heterocycles. The monoisotopic (exact) mass is 358 g/mol. The summed E-state index contributed by atoms with van der Waals surface area (Å²) in [6, 6.07) is 4.06. The van der Waals surface area contributed by atoms with E-state index in [4.69, 9.17) is 19.9 Å². The van der Waals surface area contributed by atoms with Gasteiger partial charge in [-0.05, 0) is 24.2 Å². The Bertz CT molecular complexity index is 472. The van der Waals surface area contributed by atoms with Crippen molar-refractivity contribution in [3.63, 3.8) is 0 Å². The van der Waals surface area contributed by atoms with Crippen LogP contribution in [0.15, 0.2) is 16.6 Å². The van der Waals surface area contributed by atoms with Crippen molar-refractivity contribution in [1.29, 1.82) is 0 Å². The lowest BCUT2D eigenvalue weighted by Crippen LogP contribution is -2.48. The normalized spacial score (nSPS) is 23.1. The van der Waals surface area contributed by atoms with Crippen molar-refractivity contribution in [3.8, 4) is 11.5 Å². The molecule has 1 saturated heterocycles. The van der Waals surface area contributed by atoms with Crippen LogP contribution in [0.3, 0.4) is 0 Å². The third-order valence-electron chi connectivity index (χ3n) is 3.92. The molecular weight excluding hydrogens is 336 g/mol. The summed E-state index contributed by atoms with van der Waals surface area (Å²) in [6.45, 7) is 5.21. The minimum Gasteiger partial charge on any atom is -0.493 e. The SMILES string of the molecule is CCN1CCOC(CN)C1c1cc(OC)c(OC)cc1Br. The maximum atomic E-state index is 5.90. The second-order valence-electron chi connectivity index (χ2n) is 4.95.